The molecule has 5 heteroatoms. The van der Waals surface area contributed by atoms with Crippen molar-refractivity contribution < 1.29 is 24.9 Å². The third-order valence-electron chi connectivity index (χ3n) is 2.44. The number of esters is 1. The van der Waals surface area contributed by atoms with Crippen molar-refractivity contribution in [3.63, 3.8) is 0 Å². The largest absolute Gasteiger partial charge is 0.469 e. The number of hydrogen-bond donors (Lipinski definition) is 3. The molecule has 0 spiro atoms. The molecule has 0 heterocycles. The monoisotopic (exact) mass is 240 g/mol. The predicted octanol–water partition coefficient (Wildman–Crippen LogP) is 0.136. The van der Waals surface area contributed by atoms with Gasteiger partial charge in [0, 0.05) is 0 Å². The summed E-state index contributed by atoms with van der Waals surface area (Å²) in [5.41, 5.74) is 1.08. The molecule has 0 fully saturated rings. The summed E-state index contributed by atoms with van der Waals surface area (Å²) in [6, 6.07) is 6.55. The predicted molar refractivity (Wildman–Crippen MR) is 60.0 cm³/mol. The molecule has 0 aliphatic rings. The van der Waals surface area contributed by atoms with E-state index in [0.29, 0.717) is 11.1 Å². The van der Waals surface area contributed by atoms with Crippen LogP contribution in [0.1, 0.15) is 23.7 Å². The summed E-state index contributed by atoms with van der Waals surface area (Å²) in [6.07, 6.45) is -2.68. The third-order valence-corrected chi connectivity index (χ3v) is 2.44. The summed E-state index contributed by atoms with van der Waals surface area (Å²) in [6.45, 7) is -0.145. The fraction of sp³-hybridized carbons (Fsp3) is 0.417. The first kappa shape index (κ1) is 13.6. The molecule has 1 rings (SSSR count). The van der Waals surface area contributed by atoms with Gasteiger partial charge in [0.2, 0.25) is 0 Å². The first-order valence-corrected chi connectivity index (χ1v) is 5.21. The van der Waals surface area contributed by atoms with Gasteiger partial charge in [0.1, 0.15) is 6.10 Å². The van der Waals surface area contributed by atoms with Crippen LogP contribution in [0.25, 0.3) is 0 Å². The van der Waals surface area contributed by atoms with Crippen LogP contribution in [0, 0.1) is 0 Å². The van der Waals surface area contributed by atoms with Crippen LogP contribution in [0.4, 0.5) is 0 Å². The average Bonchev–Trinajstić information content (AvgIpc) is 2.37. The molecule has 2 atom stereocenters. The Balaban J connectivity index is 2.73. The first-order valence-electron chi connectivity index (χ1n) is 5.21. The standard InChI is InChI=1S/C12H16O5/c1-17-11(15)6-10(14)12(16)9-4-2-3-8(5-9)7-13/h2-5,10,12-14,16H,6-7H2,1H3. The van der Waals surface area contributed by atoms with E-state index in [2.05, 4.69) is 4.74 Å². The van der Waals surface area contributed by atoms with Gasteiger partial charge in [0.05, 0.1) is 26.2 Å². The Morgan fingerprint density at radius 1 is 1.41 bits per heavy atom. The Bertz CT molecular complexity index is 377. The Hall–Kier alpha value is -1.43. The normalized spacial score (nSPS) is 14.1. The zero-order valence-corrected chi connectivity index (χ0v) is 9.54. The molecule has 0 aliphatic carbocycles. The van der Waals surface area contributed by atoms with Crippen LogP contribution in [0.15, 0.2) is 24.3 Å². The van der Waals surface area contributed by atoms with Gasteiger partial charge in [0.15, 0.2) is 0 Å². The number of carbonyl (C=O) groups is 1. The van der Waals surface area contributed by atoms with E-state index in [-0.39, 0.29) is 13.0 Å². The fourth-order valence-electron chi connectivity index (χ4n) is 1.46. The quantitative estimate of drug-likeness (QED) is 0.637. The van der Waals surface area contributed by atoms with Crippen molar-refractivity contribution in [2.45, 2.75) is 25.2 Å². The minimum Gasteiger partial charge on any atom is -0.469 e. The smallest absolute Gasteiger partial charge is 0.308 e. The van der Waals surface area contributed by atoms with Crippen molar-refractivity contribution in [2.75, 3.05) is 7.11 Å². The van der Waals surface area contributed by atoms with Gasteiger partial charge in [-0.05, 0) is 11.1 Å². The summed E-state index contributed by atoms with van der Waals surface area (Å²) < 4.78 is 4.40. The number of ether oxygens (including phenoxy) is 1. The van der Waals surface area contributed by atoms with E-state index >= 15 is 0 Å². The zero-order chi connectivity index (χ0) is 12.8. The highest BCUT2D eigenvalue weighted by Crippen LogP contribution is 2.20. The Morgan fingerprint density at radius 3 is 2.71 bits per heavy atom. The van der Waals surface area contributed by atoms with Crippen molar-refractivity contribution in [3.8, 4) is 0 Å². The highest BCUT2D eigenvalue weighted by Gasteiger charge is 2.21. The molecule has 3 N–H and O–H groups in total. The maximum absolute atomic E-state index is 10.9. The van der Waals surface area contributed by atoms with Gasteiger partial charge in [-0.1, -0.05) is 24.3 Å². The molecule has 0 bridgehead atoms. The number of carbonyl (C=O) groups excluding carboxylic acids is 1. The molecule has 0 saturated heterocycles. The molecule has 2 unspecified atom stereocenters. The molecule has 17 heavy (non-hydrogen) atoms. The minimum absolute atomic E-state index is 0.145. The number of hydrogen-bond acceptors (Lipinski definition) is 5. The van der Waals surface area contributed by atoms with E-state index in [1.807, 2.05) is 0 Å². The van der Waals surface area contributed by atoms with Crippen LogP contribution in [-0.4, -0.2) is 34.5 Å². The topological polar surface area (TPSA) is 87.0 Å². The highest BCUT2D eigenvalue weighted by atomic mass is 16.5. The molecule has 5 nitrogen and oxygen atoms in total. The van der Waals surface area contributed by atoms with Gasteiger partial charge in [-0.15, -0.1) is 0 Å². The molecular weight excluding hydrogens is 224 g/mol. The molecule has 0 radical (unpaired) electrons. The third kappa shape index (κ3) is 3.81. The van der Waals surface area contributed by atoms with Gasteiger partial charge in [-0.2, -0.15) is 0 Å². The van der Waals surface area contributed by atoms with Gasteiger partial charge < -0.3 is 20.1 Å². The van der Waals surface area contributed by atoms with Crippen molar-refractivity contribution in [1.82, 2.24) is 0 Å². The van der Waals surface area contributed by atoms with E-state index in [0.717, 1.165) is 0 Å². The number of rotatable bonds is 5. The number of aliphatic hydroxyl groups excluding tert-OH is 3. The van der Waals surface area contributed by atoms with Crippen LogP contribution in [0.3, 0.4) is 0 Å². The maximum Gasteiger partial charge on any atom is 0.308 e. The highest BCUT2D eigenvalue weighted by molar-refractivity contribution is 5.69. The summed E-state index contributed by atoms with van der Waals surface area (Å²) in [5, 5.41) is 28.4. The van der Waals surface area contributed by atoms with Crippen LogP contribution in [0.5, 0.6) is 0 Å². The Kier molecular flexibility index (Phi) is 5.09. The molecule has 1 aromatic carbocycles. The van der Waals surface area contributed by atoms with Crippen molar-refractivity contribution >= 4 is 5.97 Å². The second-order valence-electron chi connectivity index (χ2n) is 3.70. The van der Waals surface area contributed by atoms with Crippen LogP contribution in [-0.2, 0) is 16.1 Å². The first-order chi connectivity index (χ1) is 8.08. The van der Waals surface area contributed by atoms with Crippen LogP contribution in [0.2, 0.25) is 0 Å². The summed E-state index contributed by atoms with van der Waals surface area (Å²) in [4.78, 5) is 10.9. The zero-order valence-electron chi connectivity index (χ0n) is 9.54. The van der Waals surface area contributed by atoms with E-state index in [9.17, 15) is 15.0 Å². The lowest BCUT2D eigenvalue weighted by Gasteiger charge is -2.17. The Morgan fingerprint density at radius 2 is 2.12 bits per heavy atom. The van der Waals surface area contributed by atoms with Crippen molar-refractivity contribution in [2.24, 2.45) is 0 Å². The van der Waals surface area contributed by atoms with Crippen molar-refractivity contribution in [3.05, 3.63) is 35.4 Å². The molecule has 94 valence electrons. The summed E-state index contributed by atoms with van der Waals surface area (Å²) in [7, 11) is 1.22. The van der Waals surface area contributed by atoms with Crippen LogP contribution < -0.4 is 0 Å². The second-order valence-corrected chi connectivity index (χ2v) is 3.70. The van der Waals surface area contributed by atoms with E-state index in [1.54, 1.807) is 24.3 Å². The lowest BCUT2D eigenvalue weighted by Crippen LogP contribution is -2.22. The Labute approximate surface area is 99.3 Å². The molecule has 0 aliphatic heterocycles. The SMILES string of the molecule is COC(=O)CC(O)C(O)c1cccc(CO)c1. The van der Waals surface area contributed by atoms with E-state index < -0.39 is 18.2 Å². The number of benzene rings is 1. The van der Waals surface area contributed by atoms with E-state index in [4.69, 9.17) is 5.11 Å². The van der Waals surface area contributed by atoms with Gasteiger partial charge in [0.25, 0.3) is 0 Å². The fourth-order valence-corrected chi connectivity index (χ4v) is 1.46. The molecular formula is C12H16O5. The van der Waals surface area contributed by atoms with Crippen LogP contribution >= 0.6 is 0 Å². The van der Waals surface area contributed by atoms with Crippen molar-refractivity contribution in [1.29, 1.82) is 0 Å². The second kappa shape index (κ2) is 6.34. The number of methoxy groups -OCH3 is 1. The molecule has 0 amide bonds. The maximum atomic E-state index is 10.9. The minimum atomic E-state index is -1.23. The molecule has 1 aromatic rings. The lowest BCUT2D eigenvalue weighted by molar-refractivity contribution is -0.144. The van der Waals surface area contributed by atoms with Gasteiger partial charge in [-0.3, -0.25) is 4.79 Å². The summed E-state index contributed by atoms with van der Waals surface area (Å²) >= 11 is 0. The summed E-state index contributed by atoms with van der Waals surface area (Å²) in [5.74, 6) is -0.588. The van der Waals surface area contributed by atoms with Gasteiger partial charge in [-0.25, -0.2) is 0 Å². The van der Waals surface area contributed by atoms with E-state index in [1.165, 1.54) is 7.11 Å². The molecule has 0 aromatic heterocycles. The van der Waals surface area contributed by atoms with Gasteiger partial charge >= 0.3 is 5.97 Å². The number of aliphatic hydroxyl groups is 3. The lowest BCUT2D eigenvalue weighted by atomic mass is 10.0. The molecule has 0 saturated carbocycles. The average molecular weight is 240 g/mol.